The quantitative estimate of drug-likeness (QED) is 0.663. The van der Waals surface area contributed by atoms with Gasteiger partial charge in [0.1, 0.15) is 0 Å². The summed E-state index contributed by atoms with van der Waals surface area (Å²) in [4.78, 5) is 31.5. The summed E-state index contributed by atoms with van der Waals surface area (Å²) in [5, 5.41) is 10.3. The number of halogens is 1. The van der Waals surface area contributed by atoms with Crippen LogP contribution in [0.25, 0.3) is 11.5 Å². The van der Waals surface area contributed by atoms with Crippen LogP contribution in [-0.2, 0) is 4.79 Å². The Morgan fingerprint density at radius 3 is 2.67 bits per heavy atom. The van der Waals surface area contributed by atoms with Gasteiger partial charge < -0.3 is 10.6 Å². The van der Waals surface area contributed by atoms with E-state index in [0.29, 0.717) is 11.6 Å². The normalized spacial score (nSPS) is 18.7. The van der Waals surface area contributed by atoms with Crippen molar-refractivity contribution >= 4 is 11.9 Å². The molecule has 10 heteroatoms. The minimum absolute atomic E-state index is 0.00494. The molecule has 156 valence electrons. The van der Waals surface area contributed by atoms with Crippen molar-refractivity contribution in [3.8, 4) is 11.5 Å². The van der Waals surface area contributed by atoms with Crippen LogP contribution in [0.3, 0.4) is 0 Å². The zero-order valence-corrected chi connectivity index (χ0v) is 16.5. The molecule has 0 saturated heterocycles. The first-order chi connectivity index (χ1) is 14.5. The molecule has 4 rings (SSSR count). The Bertz CT molecular complexity index is 1100. The van der Waals surface area contributed by atoms with Gasteiger partial charge in [-0.15, -0.1) is 0 Å². The van der Waals surface area contributed by atoms with Gasteiger partial charge in [0, 0.05) is 31.3 Å². The fourth-order valence-corrected chi connectivity index (χ4v) is 3.63. The van der Waals surface area contributed by atoms with E-state index < -0.39 is 5.82 Å². The minimum Gasteiger partial charge on any atom is -0.354 e. The molecule has 0 radical (unpaired) electrons. The Morgan fingerprint density at radius 1 is 1.17 bits per heavy atom. The third-order valence-electron chi connectivity index (χ3n) is 5.08. The molecule has 30 heavy (non-hydrogen) atoms. The molecule has 1 fully saturated rings. The van der Waals surface area contributed by atoms with Crippen LogP contribution in [0, 0.1) is 5.82 Å². The zero-order valence-electron chi connectivity index (χ0n) is 16.5. The van der Waals surface area contributed by atoms with Crippen molar-refractivity contribution in [1.82, 2.24) is 29.6 Å². The summed E-state index contributed by atoms with van der Waals surface area (Å²) < 4.78 is 17.1. The van der Waals surface area contributed by atoms with Gasteiger partial charge in [0.25, 0.3) is 5.56 Å². The van der Waals surface area contributed by atoms with Gasteiger partial charge in [0.2, 0.25) is 11.9 Å². The average molecular weight is 411 g/mol. The molecule has 0 aromatic carbocycles. The molecular weight excluding hydrogens is 389 g/mol. The van der Waals surface area contributed by atoms with Crippen molar-refractivity contribution in [2.24, 2.45) is 0 Å². The second-order valence-electron chi connectivity index (χ2n) is 7.31. The fourth-order valence-electron chi connectivity index (χ4n) is 3.63. The molecule has 0 spiro atoms. The third-order valence-corrected chi connectivity index (χ3v) is 5.08. The highest BCUT2D eigenvalue weighted by molar-refractivity contribution is 5.73. The maximum Gasteiger partial charge on any atom is 0.255 e. The van der Waals surface area contributed by atoms with Crippen LogP contribution in [0.15, 0.2) is 47.8 Å². The highest BCUT2D eigenvalue weighted by atomic mass is 19.1. The number of hydrogen-bond donors (Lipinski definition) is 2. The maximum atomic E-state index is 14.4. The predicted octanol–water partition coefficient (Wildman–Crippen LogP) is 1.81. The molecule has 2 N–H and O–H groups in total. The molecule has 0 unspecified atom stereocenters. The van der Waals surface area contributed by atoms with E-state index >= 15 is 0 Å². The van der Waals surface area contributed by atoms with Gasteiger partial charge in [-0.1, -0.05) is 6.07 Å². The molecule has 0 aliphatic heterocycles. The van der Waals surface area contributed by atoms with Crippen LogP contribution in [0.5, 0.6) is 0 Å². The van der Waals surface area contributed by atoms with E-state index in [2.05, 4.69) is 25.7 Å². The predicted molar refractivity (Wildman–Crippen MR) is 108 cm³/mol. The Kier molecular flexibility index (Phi) is 5.55. The fraction of sp³-hybridized carbons (Fsp3) is 0.350. The van der Waals surface area contributed by atoms with E-state index in [4.69, 9.17) is 0 Å². The summed E-state index contributed by atoms with van der Waals surface area (Å²) in [7, 11) is 0. The Balaban J connectivity index is 1.49. The highest BCUT2D eigenvalue weighted by Crippen LogP contribution is 2.22. The number of anilines is 1. The zero-order chi connectivity index (χ0) is 21.1. The number of carbonyl (C=O) groups excluding carboxylic acids is 1. The van der Waals surface area contributed by atoms with Crippen molar-refractivity contribution in [2.75, 3.05) is 5.32 Å². The molecule has 1 aliphatic carbocycles. The number of amides is 1. The Labute approximate surface area is 172 Å². The number of nitrogens with one attached hydrogen (secondary N) is 2. The van der Waals surface area contributed by atoms with Gasteiger partial charge in [0.15, 0.2) is 11.6 Å². The van der Waals surface area contributed by atoms with Crippen molar-refractivity contribution in [1.29, 1.82) is 0 Å². The summed E-state index contributed by atoms with van der Waals surface area (Å²) in [6.07, 6.45) is 9.15. The van der Waals surface area contributed by atoms with Crippen LogP contribution >= 0.6 is 0 Å². The van der Waals surface area contributed by atoms with E-state index in [0.717, 1.165) is 31.9 Å². The molecule has 1 amide bonds. The molecule has 0 atom stereocenters. The van der Waals surface area contributed by atoms with Crippen LogP contribution in [0.2, 0.25) is 0 Å². The molecule has 3 aromatic heterocycles. The summed E-state index contributed by atoms with van der Waals surface area (Å²) in [6, 6.07) is 5.14. The highest BCUT2D eigenvalue weighted by Gasteiger charge is 2.22. The van der Waals surface area contributed by atoms with Gasteiger partial charge >= 0.3 is 0 Å². The SMILES string of the molecule is CC(=O)N[C@H]1CC[C@H](Nc2ncc(F)c(-n3cc(-n4ccccc4=O)cn3)n2)CC1. The summed E-state index contributed by atoms with van der Waals surface area (Å²) >= 11 is 0. The van der Waals surface area contributed by atoms with E-state index in [1.54, 1.807) is 18.3 Å². The van der Waals surface area contributed by atoms with E-state index in [1.165, 1.54) is 34.6 Å². The van der Waals surface area contributed by atoms with Gasteiger partial charge in [-0.3, -0.25) is 14.2 Å². The van der Waals surface area contributed by atoms with Crippen molar-refractivity contribution in [2.45, 2.75) is 44.7 Å². The van der Waals surface area contributed by atoms with Gasteiger partial charge in [-0.05, 0) is 31.7 Å². The van der Waals surface area contributed by atoms with E-state index in [-0.39, 0.29) is 29.4 Å². The molecule has 3 aromatic rings. The standard InChI is InChI=1S/C20H22FN7O2/c1-13(29)24-14-5-7-15(8-6-14)25-20-22-11-17(21)19(26-20)28-12-16(10-23-28)27-9-3-2-4-18(27)30/h2-4,9-12,14-15H,5-8H2,1H3,(H,24,29)(H,22,25,26)/t14-,15-. The molecule has 9 nitrogen and oxygen atoms in total. The smallest absolute Gasteiger partial charge is 0.255 e. The number of nitrogens with zero attached hydrogens (tertiary/aromatic N) is 5. The second kappa shape index (κ2) is 8.44. The number of hydrogen-bond acceptors (Lipinski definition) is 6. The lowest BCUT2D eigenvalue weighted by Gasteiger charge is -2.29. The molecule has 3 heterocycles. The Morgan fingerprint density at radius 2 is 1.93 bits per heavy atom. The first-order valence-corrected chi connectivity index (χ1v) is 9.79. The number of pyridine rings is 1. The van der Waals surface area contributed by atoms with Gasteiger partial charge in [0.05, 0.1) is 24.3 Å². The largest absolute Gasteiger partial charge is 0.354 e. The average Bonchev–Trinajstić information content (AvgIpc) is 3.20. The maximum absolute atomic E-state index is 14.4. The van der Waals surface area contributed by atoms with Crippen LogP contribution in [0.1, 0.15) is 32.6 Å². The van der Waals surface area contributed by atoms with E-state index in [9.17, 15) is 14.0 Å². The number of aromatic nitrogens is 5. The van der Waals surface area contributed by atoms with Crippen LogP contribution < -0.4 is 16.2 Å². The summed E-state index contributed by atoms with van der Waals surface area (Å²) in [6.45, 7) is 1.52. The lowest BCUT2D eigenvalue weighted by molar-refractivity contribution is -0.119. The van der Waals surface area contributed by atoms with Crippen molar-refractivity contribution in [3.05, 3.63) is 59.2 Å². The van der Waals surface area contributed by atoms with Crippen molar-refractivity contribution < 1.29 is 9.18 Å². The molecule has 1 aliphatic rings. The number of carbonyl (C=O) groups is 1. The summed E-state index contributed by atoms with van der Waals surface area (Å²) in [5.41, 5.74) is 0.293. The second-order valence-corrected chi connectivity index (χ2v) is 7.31. The monoisotopic (exact) mass is 411 g/mol. The van der Waals surface area contributed by atoms with Gasteiger partial charge in [-0.2, -0.15) is 10.1 Å². The summed E-state index contributed by atoms with van der Waals surface area (Å²) in [5.74, 6) is -0.336. The number of rotatable bonds is 5. The first-order valence-electron chi connectivity index (χ1n) is 9.79. The topological polar surface area (TPSA) is 107 Å². The molecular formula is C20H22FN7O2. The first kappa shape index (κ1) is 19.7. The lowest BCUT2D eigenvalue weighted by atomic mass is 9.91. The van der Waals surface area contributed by atoms with E-state index in [1.807, 2.05) is 0 Å². The minimum atomic E-state index is -0.620. The molecule has 1 saturated carbocycles. The third kappa shape index (κ3) is 4.37. The van der Waals surface area contributed by atoms with Gasteiger partial charge in [-0.25, -0.2) is 14.1 Å². The lowest BCUT2D eigenvalue weighted by Crippen LogP contribution is -2.39. The Hall–Kier alpha value is -3.56. The van der Waals surface area contributed by atoms with Crippen LogP contribution in [0.4, 0.5) is 10.3 Å². The van der Waals surface area contributed by atoms with Crippen LogP contribution in [-0.4, -0.2) is 42.3 Å². The van der Waals surface area contributed by atoms with Crippen molar-refractivity contribution in [3.63, 3.8) is 0 Å². The molecule has 0 bridgehead atoms.